The molecule has 2 atom stereocenters. The van der Waals surface area contributed by atoms with E-state index in [1.807, 2.05) is 13.0 Å². The first-order valence-electron chi connectivity index (χ1n) is 5.60. The summed E-state index contributed by atoms with van der Waals surface area (Å²) in [6, 6.07) is 7.29. The first-order chi connectivity index (χ1) is 7.16. The number of piperazine rings is 1. The van der Waals surface area contributed by atoms with E-state index in [9.17, 15) is 0 Å². The van der Waals surface area contributed by atoms with E-state index < -0.39 is 0 Å². The molecule has 2 unspecified atom stereocenters. The Labute approximate surface area is 91.5 Å². The van der Waals surface area contributed by atoms with Crippen LogP contribution >= 0.6 is 0 Å². The Morgan fingerprint density at radius 3 is 2.93 bits per heavy atom. The van der Waals surface area contributed by atoms with Gasteiger partial charge in [0, 0.05) is 30.9 Å². The van der Waals surface area contributed by atoms with Crippen molar-refractivity contribution in [2.24, 2.45) is 0 Å². The molecule has 1 aliphatic heterocycles. The maximum absolute atomic E-state index is 4.58. The molecule has 1 saturated heterocycles. The van der Waals surface area contributed by atoms with Crippen molar-refractivity contribution in [2.45, 2.75) is 32.9 Å². The molecule has 2 rings (SSSR count). The molecule has 0 amide bonds. The lowest BCUT2D eigenvalue weighted by Crippen LogP contribution is -2.54. The van der Waals surface area contributed by atoms with Crippen molar-refractivity contribution in [2.75, 3.05) is 18.0 Å². The first kappa shape index (κ1) is 10.4. The summed E-state index contributed by atoms with van der Waals surface area (Å²) < 4.78 is 0. The molecule has 0 radical (unpaired) electrons. The largest absolute Gasteiger partial charge is 0.351 e. The predicted molar refractivity (Wildman–Crippen MR) is 63.2 cm³/mol. The van der Waals surface area contributed by atoms with Crippen LogP contribution in [0.3, 0.4) is 0 Å². The molecular formula is C12H19N3. The van der Waals surface area contributed by atoms with Gasteiger partial charge in [-0.1, -0.05) is 6.07 Å². The van der Waals surface area contributed by atoms with Crippen LogP contribution in [-0.2, 0) is 0 Å². The SMILES string of the molecule is Cc1cccc(N2CC(C)NCC2C)n1. The molecule has 1 N–H and O–H groups in total. The topological polar surface area (TPSA) is 28.2 Å². The molecule has 0 spiro atoms. The molecule has 0 aromatic carbocycles. The lowest BCUT2D eigenvalue weighted by molar-refractivity contribution is 0.422. The zero-order chi connectivity index (χ0) is 10.8. The third kappa shape index (κ3) is 2.29. The van der Waals surface area contributed by atoms with E-state index >= 15 is 0 Å². The van der Waals surface area contributed by atoms with Crippen LogP contribution in [0.15, 0.2) is 18.2 Å². The summed E-state index contributed by atoms with van der Waals surface area (Å²) in [5, 5.41) is 3.48. The van der Waals surface area contributed by atoms with Crippen LogP contribution in [0, 0.1) is 6.92 Å². The molecule has 3 heteroatoms. The maximum atomic E-state index is 4.58. The van der Waals surface area contributed by atoms with Gasteiger partial charge in [-0.15, -0.1) is 0 Å². The predicted octanol–water partition coefficient (Wildman–Crippen LogP) is 1.58. The van der Waals surface area contributed by atoms with Crippen LogP contribution in [0.25, 0.3) is 0 Å². The van der Waals surface area contributed by atoms with Crippen molar-refractivity contribution >= 4 is 5.82 Å². The Morgan fingerprint density at radius 2 is 2.20 bits per heavy atom. The van der Waals surface area contributed by atoms with Crippen molar-refractivity contribution in [1.29, 1.82) is 0 Å². The van der Waals surface area contributed by atoms with Gasteiger partial charge in [0.1, 0.15) is 5.82 Å². The highest BCUT2D eigenvalue weighted by molar-refractivity contribution is 5.41. The Morgan fingerprint density at radius 1 is 1.40 bits per heavy atom. The van der Waals surface area contributed by atoms with Crippen LogP contribution in [-0.4, -0.2) is 30.2 Å². The highest BCUT2D eigenvalue weighted by Crippen LogP contribution is 2.17. The molecule has 1 aromatic heterocycles. The summed E-state index contributed by atoms with van der Waals surface area (Å²) >= 11 is 0. The lowest BCUT2D eigenvalue weighted by atomic mass is 10.1. The minimum atomic E-state index is 0.524. The van der Waals surface area contributed by atoms with Crippen molar-refractivity contribution in [3.8, 4) is 0 Å². The summed E-state index contributed by atoms with van der Waals surface area (Å²) in [4.78, 5) is 6.96. The third-order valence-corrected chi connectivity index (χ3v) is 2.93. The number of anilines is 1. The van der Waals surface area contributed by atoms with E-state index in [1.165, 1.54) is 0 Å². The number of nitrogens with one attached hydrogen (secondary N) is 1. The smallest absolute Gasteiger partial charge is 0.129 e. The Kier molecular flexibility index (Phi) is 2.91. The Bertz CT molecular complexity index is 337. The Balaban J connectivity index is 2.21. The molecule has 82 valence electrons. The van der Waals surface area contributed by atoms with Gasteiger partial charge in [0.25, 0.3) is 0 Å². The first-order valence-corrected chi connectivity index (χ1v) is 5.60. The van der Waals surface area contributed by atoms with Crippen molar-refractivity contribution < 1.29 is 0 Å². The van der Waals surface area contributed by atoms with Gasteiger partial charge < -0.3 is 10.2 Å². The van der Waals surface area contributed by atoms with E-state index in [2.05, 4.69) is 41.2 Å². The van der Waals surface area contributed by atoms with E-state index in [4.69, 9.17) is 0 Å². The minimum Gasteiger partial charge on any atom is -0.351 e. The molecule has 1 aromatic rings. The third-order valence-electron chi connectivity index (χ3n) is 2.93. The quantitative estimate of drug-likeness (QED) is 0.754. The molecular weight excluding hydrogens is 186 g/mol. The van der Waals surface area contributed by atoms with Gasteiger partial charge in [0.15, 0.2) is 0 Å². The number of nitrogens with zero attached hydrogens (tertiary/aromatic N) is 2. The van der Waals surface area contributed by atoms with Gasteiger partial charge in [-0.25, -0.2) is 4.98 Å². The van der Waals surface area contributed by atoms with Gasteiger partial charge in [-0.3, -0.25) is 0 Å². The highest BCUT2D eigenvalue weighted by atomic mass is 15.3. The van der Waals surface area contributed by atoms with Crippen molar-refractivity contribution in [3.63, 3.8) is 0 Å². The molecule has 1 fully saturated rings. The molecule has 0 bridgehead atoms. The number of aromatic nitrogens is 1. The second kappa shape index (κ2) is 4.19. The zero-order valence-corrected chi connectivity index (χ0v) is 9.70. The standard InChI is InChI=1S/C12H19N3/c1-9-5-4-6-12(14-9)15-8-10(2)13-7-11(15)3/h4-6,10-11,13H,7-8H2,1-3H3. The van der Waals surface area contributed by atoms with Gasteiger partial charge >= 0.3 is 0 Å². The minimum absolute atomic E-state index is 0.524. The summed E-state index contributed by atoms with van der Waals surface area (Å²) in [5.41, 5.74) is 1.09. The van der Waals surface area contributed by atoms with Crippen molar-refractivity contribution in [1.82, 2.24) is 10.3 Å². The zero-order valence-electron chi connectivity index (χ0n) is 9.70. The fraction of sp³-hybridized carbons (Fsp3) is 0.583. The second-order valence-corrected chi connectivity index (χ2v) is 4.45. The molecule has 1 aliphatic rings. The van der Waals surface area contributed by atoms with E-state index in [-0.39, 0.29) is 0 Å². The van der Waals surface area contributed by atoms with Gasteiger partial charge in [0.05, 0.1) is 0 Å². The van der Waals surface area contributed by atoms with Crippen LogP contribution in [0.2, 0.25) is 0 Å². The fourth-order valence-electron chi connectivity index (χ4n) is 2.03. The number of aryl methyl sites for hydroxylation is 1. The molecule has 0 saturated carbocycles. The normalized spacial score (nSPS) is 26.7. The monoisotopic (exact) mass is 205 g/mol. The van der Waals surface area contributed by atoms with Gasteiger partial charge in [0.2, 0.25) is 0 Å². The Hall–Kier alpha value is -1.09. The van der Waals surface area contributed by atoms with Gasteiger partial charge in [-0.05, 0) is 32.9 Å². The highest BCUT2D eigenvalue weighted by Gasteiger charge is 2.23. The van der Waals surface area contributed by atoms with Crippen LogP contribution in [0.1, 0.15) is 19.5 Å². The lowest BCUT2D eigenvalue weighted by Gasteiger charge is -2.38. The van der Waals surface area contributed by atoms with E-state index in [1.54, 1.807) is 0 Å². The number of pyridine rings is 1. The van der Waals surface area contributed by atoms with Crippen LogP contribution in [0.4, 0.5) is 5.82 Å². The second-order valence-electron chi connectivity index (χ2n) is 4.45. The van der Waals surface area contributed by atoms with Crippen LogP contribution in [0.5, 0.6) is 0 Å². The molecule has 3 nitrogen and oxygen atoms in total. The van der Waals surface area contributed by atoms with Crippen molar-refractivity contribution in [3.05, 3.63) is 23.9 Å². The van der Waals surface area contributed by atoms with Crippen LogP contribution < -0.4 is 10.2 Å². The average Bonchev–Trinajstić information content (AvgIpc) is 2.22. The van der Waals surface area contributed by atoms with Gasteiger partial charge in [-0.2, -0.15) is 0 Å². The van der Waals surface area contributed by atoms with E-state index in [0.717, 1.165) is 24.6 Å². The number of hydrogen-bond donors (Lipinski definition) is 1. The maximum Gasteiger partial charge on any atom is 0.129 e. The number of hydrogen-bond acceptors (Lipinski definition) is 3. The van der Waals surface area contributed by atoms with E-state index in [0.29, 0.717) is 12.1 Å². The number of rotatable bonds is 1. The summed E-state index contributed by atoms with van der Waals surface area (Å²) in [6.45, 7) is 8.58. The molecule has 15 heavy (non-hydrogen) atoms. The molecule has 2 heterocycles. The molecule has 0 aliphatic carbocycles. The average molecular weight is 205 g/mol. The summed E-state index contributed by atoms with van der Waals surface area (Å²) in [6.07, 6.45) is 0. The summed E-state index contributed by atoms with van der Waals surface area (Å²) in [5.74, 6) is 1.11. The summed E-state index contributed by atoms with van der Waals surface area (Å²) in [7, 11) is 0. The fourth-order valence-corrected chi connectivity index (χ4v) is 2.03.